The lowest BCUT2D eigenvalue weighted by Gasteiger charge is -2.43. The van der Waals surface area contributed by atoms with Gasteiger partial charge in [-0.15, -0.1) is 0 Å². The molecule has 0 spiro atoms. The van der Waals surface area contributed by atoms with Gasteiger partial charge in [-0.05, 0) is 28.0 Å². The molecule has 0 fully saturated rings. The molecule has 0 bridgehead atoms. The number of hydrogen-bond donors (Lipinski definition) is 1. The smallest absolute Gasteiger partial charge is 0.129 e. The standard InChI is InChI=1S/C19H28O2Si/c1-18(2,3)22(5,6)17-14-19(21-4,13-12-16(17)20)15-10-8-7-9-11-15/h7-14,16,20H,1-6H3/t16?,19-/m1/s1. The number of ether oxygens (including phenoxy) is 1. The molecule has 1 aromatic carbocycles. The van der Waals surface area contributed by atoms with Gasteiger partial charge < -0.3 is 9.84 Å². The number of aliphatic hydroxyl groups is 1. The maximum Gasteiger partial charge on any atom is 0.129 e. The fourth-order valence-electron chi connectivity index (χ4n) is 2.81. The van der Waals surface area contributed by atoms with Crippen LogP contribution in [0.1, 0.15) is 26.3 Å². The molecule has 120 valence electrons. The van der Waals surface area contributed by atoms with Gasteiger partial charge in [0.25, 0.3) is 0 Å². The Balaban J connectivity index is 2.58. The maximum atomic E-state index is 10.6. The van der Waals surface area contributed by atoms with Crippen LogP contribution in [-0.2, 0) is 10.3 Å². The molecule has 2 nitrogen and oxygen atoms in total. The third-order valence-electron chi connectivity index (χ3n) is 5.37. The lowest BCUT2D eigenvalue weighted by Crippen LogP contribution is -2.46. The molecule has 0 saturated carbocycles. The van der Waals surface area contributed by atoms with E-state index in [1.165, 1.54) is 0 Å². The molecule has 0 radical (unpaired) electrons. The fourth-order valence-corrected chi connectivity index (χ4v) is 5.09. The van der Waals surface area contributed by atoms with Gasteiger partial charge in [-0.1, -0.05) is 70.3 Å². The molecular weight excluding hydrogens is 288 g/mol. The van der Waals surface area contributed by atoms with Crippen LogP contribution in [0.4, 0.5) is 0 Å². The molecule has 0 heterocycles. The minimum atomic E-state index is -1.83. The average molecular weight is 317 g/mol. The van der Waals surface area contributed by atoms with E-state index in [2.05, 4.69) is 52.1 Å². The lowest BCUT2D eigenvalue weighted by molar-refractivity contribution is 0.0671. The van der Waals surface area contributed by atoms with E-state index in [9.17, 15) is 5.11 Å². The number of methoxy groups -OCH3 is 1. The van der Waals surface area contributed by atoms with Crippen LogP contribution < -0.4 is 0 Å². The van der Waals surface area contributed by atoms with Gasteiger partial charge in [0, 0.05) is 7.11 Å². The zero-order chi connectivity index (χ0) is 16.6. The van der Waals surface area contributed by atoms with Crippen LogP contribution in [0.5, 0.6) is 0 Å². The van der Waals surface area contributed by atoms with E-state index in [0.29, 0.717) is 0 Å². The van der Waals surface area contributed by atoms with Crippen molar-refractivity contribution in [3.8, 4) is 0 Å². The normalized spacial score (nSPS) is 26.0. The summed E-state index contributed by atoms with van der Waals surface area (Å²) in [5.74, 6) is 0. The van der Waals surface area contributed by atoms with Gasteiger partial charge in [-0.3, -0.25) is 0 Å². The first-order valence-corrected chi connectivity index (χ1v) is 10.9. The molecule has 2 rings (SSSR count). The number of aliphatic hydroxyl groups excluding tert-OH is 1. The van der Waals surface area contributed by atoms with E-state index in [4.69, 9.17) is 4.74 Å². The fraction of sp³-hybridized carbons (Fsp3) is 0.474. The summed E-state index contributed by atoms with van der Waals surface area (Å²) in [4.78, 5) is 0. The van der Waals surface area contributed by atoms with Gasteiger partial charge >= 0.3 is 0 Å². The number of hydrogen-bond acceptors (Lipinski definition) is 2. The zero-order valence-electron chi connectivity index (χ0n) is 14.6. The van der Waals surface area contributed by atoms with Crippen molar-refractivity contribution in [2.24, 2.45) is 0 Å². The van der Waals surface area contributed by atoms with Crippen LogP contribution in [0.15, 0.2) is 53.8 Å². The second-order valence-corrected chi connectivity index (χ2v) is 13.0. The Morgan fingerprint density at radius 3 is 2.23 bits per heavy atom. The molecule has 2 atom stereocenters. The minimum absolute atomic E-state index is 0.168. The third kappa shape index (κ3) is 2.85. The van der Waals surface area contributed by atoms with Crippen molar-refractivity contribution in [3.63, 3.8) is 0 Å². The second-order valence-electron chi connectivity index (χ2n) is 7.64. The summed E-state index contributed by atoms with van der Waals surface area (Å²) in [6.07, 6.45) is 5.51. The van der Waals surface area contributed by atoms with Crippen molar-refractivity contribution >= 4 is 8.07 Å². The Bertz CT molecular complexity index is 581. The van der Waals surface area contributed by atoms with Gasteiger partial charge in [-0.2, -0.15) is 0 Å². The Labute approximate surface area is 135 Å². The van der Waals surface area contributed by atoms with Crippen molar-refractivity contribution in [2.75, 3.05) is 7.11 Å². The summed E-state index contributed by atoms with van der Waals surface area (Å²) in [6.45, 7) is 11.4. The highest BCUT2D eigenvalue weighted by molar-refractivity contribution is 6.87. The first kappa shape index (κ1) is 17.2. The van der Waals surface area contributed by atoms with Crippen molar-refractivity contribution in [3.05, 3.63) is 59.3 Å². The molecule has 22 heavy (non-hydrogen) atoms. The first-order valence-electron chi connectivity index (χ1n) is 7.85. The molecule has 1 unspecified atom stereocenters. The third-order valence-corrected chi connectivity index (χ3v) is 11.0. The van der Waals surface area contributed by atoms with E-state index in [1.807, 2.05) is 30.4 Å². The largest absolute Gasteiger partial charge is 0.385 e. The zero-order valence-corrected chi connectivity index (χ0v) is 15.6. The van der Waals surface area contributed by atoms with Gasteiger partial charge in [0.15, 0.2) is 0 Å². The van der Waals surface area contributed by atoms with E-state index in [1.54, 1.807) is 7.11 Å². The average Bonchev–Trinajstić information content (AvgIpc) is 2.48. The lowest BCUT2D eigenvalue weighted by atomic mass is 9.88. The predicted octanol–water partition coefficient (Wildman–Crippen LogP) is 4.43. The molecule has 1 aliphatic rings. The monoisotopic (exact) mass is 316 g/mol. The van der Waals surface area contributed by atoms with E-state index in [-0.39, 0.29) is 5.04 Å². The first-order chi connectivity index (χ1) is 10.1. The summed E-state index contributed by atoms with van der Waals surface area (Å²) in [6, 6.07) is 10.2. The Kier molecular flexibility index (Phi) is 4.53. The topological polar surface area (TPSA) is 29.5 Å². The molecule has 0 amide bonds. The van der Waals surface area contributed by atoms with E-state index >= 15 is 0 Å². The van der Waals surface area contributed by atoms with Crippen LogP contribution in [0.3, 0.4) is 0 Å². The van der Waals surface area contributed by atoms with Crippen LogP contribution in [-0.4, -0.2) is 26.4 Å². The molecule has 0 saturated heterocycles. The summed E-state index contributed by atoms with van der Waals surface area (Å²) in [5.41, 5.74) is 0.516. The van der Waals surface area contributed by atoms with Gasteiger partial charge in [0.2, 0.25) is 0 Å². The van der Waals surface area contributed by atoms with Gasteiger partial charge in [0.1, 0.15) is 5.60 Å². The number of benzene rings is 1. The molecule has 1 aromatic rings. The molecule has 0 aromatic heterocycles. The van der Waals surface area contributed by atoms with Crippen LogP contribution in [0.2, 0.25) is 18.1 Å². The highest BCUT2D eigenvalue weighted by atomic mass is 28.3. The van der Waals surface area contributed by atoms with Crippen LogP contribution in [0.25, 0.3) is 0 Å². The SMILES string of the molecule is CO[C@]1(c2ccccc2)C=CC(O)C([Si](C)(C)C(C)(C)C)=C1. The molecule has 1 aliphatic carbocycles. The Hall–Kier alpha value is -1.16. The summed E-state index contributed by atoms with van der Waals surface area (Å²) >= 11 is 0. The highest BCUT2D eigenvalue weighted by Crippen LogP contribution is 2.45. The number of rotatable bonds is 3. The van der Waals surface area contributed by atoms with Gasteiger partial charge in [-0.25, -0.2) is 0 Å². The Morgan fingerprint density at radius 1 is 1.14 bits per heavy atom. The quantitative estimate of drug-likeness (QED) is 0.660. The second kappa shape index (κ2) is 5.80. The summed E-state index contributed by atoms with van der Waals surface area (Å²) in [5, 5.41) is 11.9. The molecule has 0 aliphatic heterocycles. The van der Waals surface area contributed by atoms with Crippen molar-refractivity contribution in [2.45, 2.75) is 50.6 Å². The Morgan fingerprint density at radius 2 is 1.73 bits per heavy atom. The summed E-state index contributed by atoms with van der Waals surface area (Å²) in [7, 11) is -0.0943. The predicted molar refractivity (Wildman–Crippen MR) is 95.6 cm³/mol. The van der Waals surface area contributed by atoms with Gasteiger partial charge in [0.05, 0.1) is 14.2 Å². The van der Waals surface area contributed by atoms with Crippen LogP contribution >= 0.6 is 0 Å². The van der Waals surface area contributed by atoms with E-state index < -0.39 is 19.8 Å². The van der Waals surface area contributed by atoms with Crippen molar-refractivity contribution in [1.29, 1.82) is 0 Å². The molecule has 1 N–H and O–H groups in total. The van der Waals surface area contributed by atoms with Crippen molar-refractivity contribution in [1.82, 2.24) is 0 Å². The van der Waals surface area contributed by atoms with E-state index in [0.717, 1.165) is 10.8 Å². The molecule has 3 heteroatoms. The molecular formula is C19H28O2Si. The minimum Gasteiger partial charge on any atom is -0.385 e. The highest BCUT2D eigenvalue weighted by Gasteiger charge is 2.44. The van der Waals surface area contributed by atoms with Crippen molar-refractivity contribution < 1.29 is 9.84 Å². The summed E-state index contributed by atoms with van der Waals surface area (Å²) < 4.78 is 5.90. The maximum absolute atomic E-state index is 10.6. The van der Waals surface area contributed by atoms with Crippen LogP contribution in [0, 0.1) is 0 Å².